The molecule has 0 radical (unpaired) electrons. The van der Waals surface area contributed by atoms with E-state index in [-0.39, 0.29) is 22.7 Å². The number of carbonyl (C=O) groups excluding carboxylic acids is 1. The first-order chi connectivity index (χ1) is 15.9. The first-order valence-electron chi connectivity index (χ1n) is 11.0. The number of methoxy groups -OCH3 is 2. The fourth-order valence-electron chi connectivity index (χ4n) is 5.02. The van der Waals surface area contributed by atoms with E-state index in [4.69, 9.17) is 14.2 Å². The second kappa shape index (κ2) is 9.23. The number of allylic oxidation sites excluding steroid dienone is 1. The van der Waals surface area contributed by atoms with Crippen LogP contribution in [-0.4, -0.2) is 37.7 Å². The van der Waals surface area contributed by atoms with Crippen LogP contribution in [0.5, 0.6) is 11.5 Å². The molecule has 0 saturated carbocycles. The van der Waals surface area contributed by atoms with Crippen molar-refractivity contribution in [3.05, 3.63) is 75.0 Å². The van der Waals surface area contributed by atoms with Crippen molar-refractivity contribution in [2.75, 3.05) is 20.8 Å². The number of fused-ring (bicyclic) bond motifs is 1. The van der Waals surface area contributed by atoms with E-state index in [2.05, 4.69) is 11.4 Å². The minimum Gasteiger partial charge on any atom is -0.493 e. The Hall–Kier alpha value is -3.39. The number of nitro groups is 1. The average molecular weight is 453 g/mol. The molecule has 1 aliphatic heterocycles. The van der Waals surface area contributed by atoms with Crippen LogP contribution >= 0.6 is 0 Å². The van der Waals surface area contributed by atoms with Crippen LogP contribution in [-0.2, 0) is 11.2 Å². The maximum Gasteiger partial charge on any atom is 0.350 e. The molecule has 0 bridgehead atoms. The lowest BCUT2D eigenvalue weighted by molar-refractivity contribution is -0.385. The lowest BCUT2D eigenvalue weighted by Gasteiger charge is -2.37. The minimum absolute atomic E-state index is 0.00413. The van der Waals surface area contributed by atoms with Gasteiger partial charge in [0.25, 0.3) is 5.69 Å². The number of nitrogens with zero attached hydrogens (tertiary/aromatic N) is 1. The number of nitrogens with one attached hydrogen (secondary N) is 1. The van der Waals surface area contributed by atoms with E-state index in [9.17, 15) is 14.9 Å². The van der Waals surface area contributed by atoms with Gasteiger partial charge in [-0.25, -0.2) is 4.79 Å². The highest BCUT2D eigenvalue weighted by Gasteiger charge is 2.44. The summed E-state index contributed by atoms with van der Waals surface area (Å²) in [5.74, 6) is 1.27. The monoisotopic (exact) mass is 452 g/mol. The summed E-state index contributed by atoms with van der Waals surface area (Å²) in [6.45, 7) is 2.55. The number of carbonyl (C=O) groups is 1. The summed E-state index contributed by atoms with van der Waals surface area (Å²) >= 11 is 0. The van der Waals surface area contributed by atoms with Crippen molar-refractivity contribution in [2.45, 2.75) is 38.6 Å². The highest BCUT2D eigenvalue weighted by molar-refractivity contribution is 5.96. The van der Waals surface area contributed by atoms with Crippen LogP contribution in [0.4, 0.5) is 5.69 Å². The van der Waals surface area contributed by atoms with Gasteiger partial charge >= 0.3 is 5.97 Å². The van der Waals surface area contributed by atoms with E-state index in [0.717, 1.165) is 31.4 Å². The molecule has 174 valence electrons. The Kier molecular flexibility index (Phi) is 6.37. The van der Waals surface area contributed by atoms with Gasteiger partial charge in [-0.2, -0.15) is 0 Å². The Labute approximate surface area is 192 Å². The van der Waals surface area contributed by atoms with Crippen molar-refractivity contribution in [1.29, 1.82) is 0 Å². The van der Waals surface area contributed by atoms with Gasteiger partial charge in [0, 0.05) is 18.5 Å². The Morgan fingerprint density at radius 2 is 1.97 bits per heavy atom. The summed E-state index contributed by atoms with van der Waals surface area (Å²) in [5, 5.41) is 14.9. The average Bonchev–Trinajstić information content (AvgIpc) is 3.21. The number of rotatable bonds is 7. The van der Waals surface area contributed by atoms with Gasteiger partial charge in [0.2, 0.25) is 0 Å². The fraction of sp³-hybridized carbons (Fsp3) is 0.400. The third kappa shape index (κ3) is 4.43. The van der Waals surface area contributed by atoms with E-state index >= 15 is 0 Å². The largest absolute Gasteiger partial charge is 0.493 e. The van der Waals surface area contributed by atoms with Gasteiger partial charge in [-0.15, -0.1) is 0 Å². The molecule has 2 atom stereocenters. The van der Waals surface area contributed by atoms with Crippen molar-refractivity contribution in [3.8, 4) is 11.5 Å². The van der Waals surface area contributed by atoms with Gasteiger partial charge < -0.3 is 19.5 Å². The SMILES string of the molecule is COc1ccc(C[C@@]23CCN[C@H]2C=C(OC(=O)c2c(C)cccc2[N+](=O)[O-])CC3)cc1OC. The number of ether oxygens (including phenoxy) is 3. The number of aryl methyl sites for hydroxylation is 1. The molecule has 0 amide bonds. The quantitative estimate of drug-likeness (QED) is 0.379. The molecular weight excluding hydrogens is 424 g/mol. The molecule has 0 aromatic heterocycles. The molecule has 4 rings (SSSR count). The molecule has 1 aliphatic carbocycles. The zero-order chi connectivity index (χ0) is 23.6. The predicted octanol–water partition coefficient (Wildman–Crippen LogP) is 4.35. The number of hydrogen-bond donors (Lipinski definition) is 1. The molecule has 0 spiro atoms. The second-order valence-electron chi connectivity index (χ2n) is 8.66. The van der Waals surface area contributed by atoms with Crippen molar-refractivity contribution in [1.82, 2.24) is 5.32 Å². The third-order valence-electron chi connectivity index (χ3n) is 6.75. The van der Waals surface area contributed by atoms with Gasteiger partial charge in [0.15, 0.2) is 11.5 Å². The molecular formula is C25H28N2O6. The van der Waals surface area contributed by atoms with E-state index < -0.39 is 10.9 Å². The van der Waals surface area contributed by atoms with Gasteiger partial charge in [0.05, 0.1) is 19.1 Å². The minimum atomic E-state index is -0.684. The normalized spacial score (nSPS) is 21.7. The summed E-state index contributed by atoms with van der Waals surface area (Å²) in [4.78, 5) is 23.7. The van der Waals surface area contributed by atoms with Crippen LogP contribution in [0.1, 0.15) is 40.7 Å². The van der Waals surface area contributed by atoms with Crippen molar-refractivity contribution in [3.63, 3.8) is 0 Å². The first kappa shape index (κ1) is 22.8. The molecule has 2 aromatic rings. The van der Waals surface area contributed by atoms with Crippen LogP contribution in [0.25, 0.3) is 0 Å². The Balaban J connectivity index is 1.54. The van der Waals surface area contributed by atoms with Gasteiger partial charge in [0.1, 0.15) is 11.3 Å². The lowest BCUT2D eigenvalue weighted by atomic mass is 9.69. The van der Waals surface area contributed by atoms with Crippen LogP contribution in [0, 0.1) is 22.5 Å². The van der Waals surface area contributed by atoms with E-state index in [0.29, 0.717) is 29.2 Å². The number of benzene rings is 2. The number of hydrogen-bond acceptors (Lipinski definition) is 7. The predicted molar refractivity (Wildman–Crippen MR) is 123 cm³/mol. The fourth-order valence-corrected chi connectivity index (χ4v) is 5.02. The lowest BCUT2D eigenvalue weighted by Crippen LogP contribution is -2.40. The zero-order valence-corrected chi connectivity index (χ0v) is 19.1. The smallest absolute Gasteiger partial charge is 0.350 e. The molecule has 1 fully saturated rings. The standard InChI is InChI=1S/C25H28N2O6/c1-16-5-4-6-19(27(29)30)23(16)24(28)33-18-9-10-25(11-12-26-22(25)14-18)15-17-7-8-20(31-2)21(13-17)32-3/h4-8,13-14,22,26H,9-12,15H2,1-3H3/t22-,25+/m0/s1. The summed E-state index contributed by atoms with van der Waals surface area (Å²) < 4.78 is 16.5. The maximum atomic E-state index is 12.8. The van der Waals surface area contributed by atoms with Crippen LogP contribution in [0.2, 0.25) is 0 Å². The second-order valence-corrected chi connectivity index (χ2v) is 8.66. The molecule has 0 unspecified atom stereocenters. The molecule has 2 aromatic carbocycles. The topological polar surface area (TPSA) is 99.9 Å². The third-order valence-corrected chi connectivity index (χ3v) is 6.75. The number of nitro benzene ring substituents is 1. The summed E-state index contributed by atoms with van der Waals surface area (Å²) in [7, 11) is 3.25. The van der Waals surface area contributed by atoms with E-state index in [1.165, 1.54) is 6.07 Å². The number of esters is 1. The highest BCUT2D eigenvalue weighted by Crippen LogP contribution is 2.45. The maximum absolute atomic E-state index is 12.8. The first-order valence-corrected chi connectivity index (χ1v) is 11.0. The van der Waals surface area contributed by atoms with Crippen molar-refractivity contribution < 1.29 is 23.9 Å². The Morgan fingerprint density at radius 1 is 1.18 bits per heavy atom. The van der Waals surface area contributed by atoms with Crippen molar-refractivity contribution >= 4 is 11.7 Å². The van der Waals surface area contributed by atoms with E-state index in [1.807, 2.05) is 18.2 Å². The molecule has 33 heavy (non-hydrogen) atoms. The zero-order valence-electron chi connectivity index (χ0n) is 19.1. The molecule has 8 heteroatoms. The van der Waals surface area contributed by atoms with Gasteiger partial charge in [-0.1, -0.05) is 18.2 Å². The van der Waals surface area contributed by atoms with Crippen molar-refractivity contribution in [2.24, 2.45) is 5.41 Å². The Morgan fingerprint density at radius 3 is 2.70 bits per heavy atom. The molecule has 2 aliphatic rings. The Bertz CT molecular complexity index is 1110. The summed E-state index contributed by atoms with van der Waals surface area (Å²) in [6.07, 6.45) is 5.27. The summed E-state index contributed by atoms with van der Waals surface area (Å²) in [5.41, 5.74) is 1.45. The molecule has 1 saturated heterocycles. The van der Waals surface area contributed by atoms with E-state index in [1.54, 1.807) is 33.3 Å². The van der Waals surface area contributed by atoms with Gasteiger partial charge in [-0.05, 0) is 67.5 Å². The molecule has 8 nitrogen and oxygen atoms in total. The molecule has 1 N–H and O–H groups in total. The van der Waals surface area contributed by atoms with Crippen LogP contribution in [0.15, 0.2) is 48.2 Å². The highest BCUT2D eigenvalue weighted by atomic mass is 16.6. The van der Waals surface area contributed by atoms with Crippen LogP contribution < -0.4 is 14.8 Å². The molecule has 1 heterocycles. The van der Waals surface area contributed by atoms with Gasteiger partial charge in [-0.3, -0.25) is 10.1 Å². The van der Waals surface area contributed by atoms with Crippen LogP contribution in [0.3, 0.4) is 0 Å². The summed E-state index contributed by atoms with van der Waals surface area (Å²) in [6, 6.07) is 10.6.